The zero-order chi connectivity index (χ0) is 22.0. The topological polar surface area (TPSA) is 86.4 Å². The summed E-state index contributed by atoms with van der Waals surface area (Å²) in [4.78, 5) is 49.4. The second-order valence-electron chi connectivity index (χ2n) is 8.65. The van der Waals surface area contributed by atoms with Crippen LogP contribution in [-0.2, 0) is 17.8 Å². The molecule has 7 nitrogen and oxygen atoms in total. The van der Waals surface area contributed by atoms with Crippen LogP contribution < -0.4 is 5.56 Å². The Morgan fingerprint density at radius 2 is 1.94 bits per heavy atom. The quantitative estimate of drug-likeness (QED) is 0.821. The zero-order valence-electron chi connectivity index (χ0n) is 18.3. The van der Waals surface area contributed by atoms with Gasteiger partial charge < -0.3 is 14.8 Å². The fourth-order valence-electron chi connectivity index (χ4n) is 4.49. The third kappa shape index (κ3) is 4.55. The van der Waals surface area contributed by atoms with Gasteiger partial charge in [-0.25, -0.2) is 4.98 Å². The molecule has 31 heavy (non-hydrogen) atoms. The number of fused-ring (bicyclic) bond motifs is 1. The number of amides is 2. The molecule has 2 aliphatic heterocycles. The van der Waals surface area contributed by atoms with Gasteiger partial charge in [-0.1, -0.05) is 24.6 Å². The van der Waals surface area contributed by atoms with Gasteiger partial charge in [0.25, 0.3) is 11.5 Å². The van der Waals surface area contributed by atoms with Crippen LogP contribution in [0.3, 0.4) is 0 Å². The van der Waals surface area contributed by atoms with Crippen LogP contribution in [0.15, 0.2) is 29.1 Å². The molecule has 0 bridgehead atoms. The number of hydrogen-bond acceptors (Lipinski definition) is 4. The van der Waals surface area contributed by atoms with E-state index in [1.165, 1.54) is 0 Å². The van der Waals surface area contributed by atoms with Crippen molar-refractivity contribution in [1.29, 1.82) is 0 Å². The fraction of sp³-hybridized carbons (Fsp3) is 0.500. The predicted octanol–water partition coefficient (Wildman–Crippen LogP) is 2.78. The number of aromatic nitrogens is 2. The van der Waals surface area contributed by atoms with Crippen LogP contribution in [-0.4, -0.2) is 51.2 Å². The second kappa shape index (κ2) is 9.04. The van der Waals surface area contributed by atoms with Crippen LogP contribution in [0.4, 0.5) is 0 Å². The van der Waals surface area contributed by atoms with Gasteiger partial charge in [-0.2, -0.15) is 0 Å². The van der Waals surface area contributed by atoms with Gasteiger partial charge in [-0.15, -0.1) is 0 Å². The number of benzene rings is 1. The second-order valence-corrected chi connectivity index (χ2v) is 8.65. The van der Waals surface area contributed by atoms with E-state index in [0.717, 1.165) is 37.1 Å². The van der Waals surface area contributed by atoms with Crippen LogP contribution in [0.5, 0.6) is 0 Å². The lowest BCUT2D eigenvalue weighted by molar-refractivity contribution is -0.132. The van der Waals surface area contributed by atoms with E-state index in [1.54, 1.807) is 4.90 Å². The maximum atomic E-state index is 12.9. The molecule has 2 aliphatic rings. The van der Waals surface area contributed by atoms with Crippen LogP contribution in [0.1, 0.15) is 71.5 Å². The van der Waals surface area contributed by atoms with E-state index in [9.17, 15) is 14.4 Å². The van der Waals surface area contributed by atoms with Gasteiger partial charge in [0.15, 0.2) is 0 Å². The third-order valence-corrected chi connectivity index (χ3v) is 6.30. The first-order valence-electron chi connectivity index (χ1n) is 11.2. The van der Waals surface area contributed by atoms with Crippen molar-refractivity contribution < 1.29 is 9.59 Å². The number of likely N-dealkylation sites (tertiary alicyclic amines) is 1. The molecule has 0 aliphatic carbocycles. The smallest absolute Gasteiger partial charge is 0.256 e. The van der Waals surface area contributed by atoms with E-state index >= 15 is 0 Å². The Morgan fingerprint density at radius 3 is 2.68 bits per heavy atom. The minimum Gasteiger partial charge on any atom is -0.342 e. The van der Waals surface area contributed by atoms with Crippen molar-refractivity contribution in [2.45, 2.75) is 58.4 Å². The number of carbonyl (C=O) groups is 2. The number of carbonyl (C=O) groups excluding carboxylic acids is 2. The van der Waals surface area contributed by atoms with Crippen molar-refractivity contribution in [3.63, 3.8) is 0 Å². The molecule has 2 aromatic rings. The van der Waals surface area contributed by atoms with Crippen molar-refractivity contribution in [2.24, 2.45) is 0 Å². The Labute approximate surface area is 182 Å². The molecule has 1 saturated heterocycles. The van der Waals surface area contributed by atoms with Gasteiger partial charge in [0.1, 0.15) is 5.82 Å². The van der Waals surface area contributed by atoms with E-state index in [2.05, 4.69) is 4.98 Å². The van der Waals surface area contributed by atoms with Gasteiger partial charge in [0, 0.05) is 44.0 Å². The van der Waals surface area contributed by atoms with Crippen LogP contribution in [0.2, 0.25) is 0 Å². The summed E-state index contributed by atoms with van der Waals surface area (Å²) in [5.41, 5.74) is 2.92. The summed E-state index contributed by atoms with van der Waals surface area (Å²) in [6, 6.07) is 7.50. The first-order chi connectivity index (χ1) is 15.0. The predicted molar refractivity (Wildman–Crippen MR) is 118 cm³/mol. The van der Waals surface area contributed by atoms with Crippen LogP contribution >= 0.6 is 0 Å². The highest BCUT2D eigenvalue weighted by Gasteiger charge is 2.29. The number of nitrogens with one attached hydrogen (secondary N) is 1. The van der Waals surface area contributed by atoms with E-state index in [-0.39, 0.29) is 29.8 Å². The van der Waals surface area contributed by atoms with Crippen molar-refractivity contribution >= 4 is 11.8 Å². The number of aromatic amines is 1. The van der Waals surface area contributed by atoms with E-state index < -0.39 is 0 Å². The number of nitrogens with zero attached hydrogens (tertiary/aromatic N) is 3. The molecule has 1 atom stereocenters. The lowest BCUT2D eigenvalue weighted by atomic mass is 9.96. The zero-order valence-corrected chi connectivity index (χ0v) is 18.3. The van der Waals surface area contributed by atoms with Gasteiger partial charge in [0.2, 0.25) is 5.91 Å². The Balaban J connectivity index is 1.51. The molecule has 3 heterocycles. The SMILES string of the molecule is CCCC(=O)N1CCC[C@@H](c2nc3c(c(=O)[nH]2)CN(C(=O)c2ccc(C)cc2)CC3)C1. The molecule has 0 saturated carbocycles. The summed E-state index contributed by atoms with van der Waals surface area (Å²) in [5.74, 6) is 0.847. The first kappa shape index (κ1) is 21.3. The molecule has 7 heteroatoms. The summed E-state index contributed by atoms with van der Waals surface area (Å²) in [7, 11) is 0. The normalized spacial score (nSPS) is 18.6. The lowest BCUT2D eigenvalue weighted by Gasteiger charge is -2.33. The fourth-order valence-corrected chi connectivity index (χ4v) is 4.49. The Bertz CT molecular complexity index is 1030. The van der Waals surface area contributed by atoms with Crippen molar-refractivity contribution in [3.8, 4) is 0 Å². The Morgan fingerprint density at radius 1 is 1.16 bits per heavy atom. The molecule has 1 aromatic carbocycles. The molecule has 1 fully saturated rings. The molecule has 4 rings (SSSR count). The minimum absolute atomic E-state index is 0.0553. The number of piperidine rings is 1. The van der Waals surface area contributed by atoms with E-state index in [1.807, 2.05) is 43.0 Å². The van der Waals surface area contributed by atoms with Crippen LogP contribution in [0, 0.1) is 6.92 Å². The number of aryl methyl sites for hydroxylation is 1. The average molecular weight is 423 g/mol. The summed E-state index contributed by atoms with van der Waals surface area (Å²) in [5, 5.41) is 0. The molecule has 0 spiro atoms. The highest BCUT2D eigenvalue weighted by atomic mass is 16.2. The summed E-state index contributed by atoms with van der Waals surface area (Å²) >= 11 is 0. The van der Waals surface area contributed by atoms with Gasteiger partial charge >= 0.3 is 0 Å². The standard InChI is InChI=1S/C24H30N4O3/c1-3-5-21(29)27-12-4-6-18(14-27)22-25-20-11-13-28(15-19(20)23(30)26-22)24(31)17-9-7-16(2)8-10-17/h7-10,18H,3-6,11-15H2,1-2H3,(H,25,26,30)/t18-/m1/s1. The maximum absolute atomic E-state index is 12.9. The summed E-state index contributed by atoms with van der Waals surface area (Å²) in [6.07, 6.45) is 3.79. The van der Waals surface area contributed by atoms with Crippen molar-refractivity contribution in [2.75, 3.05) is 19.6 Å². The molecular weight excluding hydrogens is 392 g/mol. The molecule has 0 unspecified atom stereocenters. The number of H-pyrrole nitrogens is 1. The molecule has 2 amide bonds. The maximum Gasteiger partial charge on any atom is 0.256 e. The highest BCUT2D eigenvalue weighted by molar-refractivity contribution is 5.94. The number of rotatable bonds is 4. The summed E-state index contributed by atoms with van der Waals surface area (Å²) < 4.78 is 0. The van der Waals surface area contributed by atoms with Crippen molar-refractivity contribution in [3.05, 3.63) is 62.8 Å². The molecule has 0 radical (unpaired) electrons. The lowest BCUT2D eigenvalue weighted by Crippen LogP contribution is -2.42. The monoisotopic (exact) mass is 422 g/mol. The molecule has 164 valence electrons. The van der Waals surface area contributed by atoms with E-state index in [0.29, 0.717) is 42.9 Å². The van der Waals surface area contributed by atoms with Gasteiger partial charge in [0.05, 0.1) is 17.8 Å². The average Bonchev–Trinajstić information content (AvgIpc) is 2.79. The Hall–Kier alpha value is -2.96. The minimum atomic E-state index is -0.168. The Kier molecular flexibility index (Phi) is 6.20. The largest absolute Gasteiger partial charge is 0.342 e. The molecule has 1 N–H and O–H groups in total. The van der Waals surface area contributed by atoms with Crippen molar-refractivity contribution in [1.82, 2.24) is 19.8 Å². The van der Waals surface area contributed by atoms with E-state index in [4.69, 9.17) is 4.98 Å². The van der Waals surface area contributed by atoms with Crippen LogP contribution in [0.25, 0.3) is 0 Å². The number of hydrogen-bond donors (Lipinski definition) is 1. The summed E-state index contributed by atoms with van der Waals surface area (Å²) in [6.45, 7) is 6.20. The molecular formula is C24H30N4O3. The molecule has 1 aromatic heterocycles. The highest BCUT2D eigenvalue weighted by Crippen LogP contribution is 2.26. The van der Waals surface area contributed by atoms with Gasteiger partial charge in [-0.3, -0.25) is 14.4 Å². The first-order valence-corrected chi connectivity index (χ1v) is 11.2. The van der Waals surface area contributed by atoms with Gasteiger partial charge in [-0.05, 0) is 38.3 Å². The third-order valence-electron chi connectivity index (χ3n) is 6.30.